The molecule has 0 radical (unpaired) electrons. The van der Waals surface area contributed by atoms with E-state index in [1.807, 2.05) is 32.0 Å². The molecule has 0 aliphatic heterocycles. The molecule has 27 heavy (non-hydrogen) atoms. The molecule has 0 bridgehead atoms. The minimum absolute atomic E-state index is 0.191. The fourth-order valence-corrected chi connectivity index (χ4v) is 3.40. The molecule has 0 saturated carbocycles. The van der Waals surface area contributed by atoms with Crippen molar-refractivity contribution in [2.24, 2.45) is 0 Å². The second kappa shape index (κ2) is 7.70. The number of anilines is 1. The van der Waals surface area contributed by atoms with Crippen LogP contribution in [0.4, 0.5) is 10.5 Å². The summed E-state index contributed by atoms with van der Waals surface area (Å²) >= 11 is 0. The molecule has 1 aromatic heterocycles. The zero-order chi connectivity index (χ0) is 19.6. The maximum absolute atomic E-state index is 12.3. The number of rotatable bonds is 4. The summed E-state index contributed by atoms with van der Waals surface area (Å²) in [6.07, 6.45) is 0. The van der Waals surface area contributed by atoms with E-state index in [2.05, 4.69) is 66.3 Å². The number of amides is 2. The van der Waals surface area contributed by atoms with Crippen molar-refractivity contribution in [2.45, 2.75) is 41.2 Å². The first kappa shape index (κ1) is 18.8. The smallest absolute Gasteiger partial charge is 0.319 e. The number of carbonyl (C=O) groups is 1. The fourth-order valence-electron chi connectivity index (χ4n) is 3.40. The summed E-state index contributed by atoms with van der Waals surface area (Å²) in [4.78, 5) is 12.3. The number of aryl methyl sites for hydroxylation is 3. The Balaban J connectivity index is 1.72. The van der Waals surface area contributed by atoms with E-state index in [0.29, 0.717) is 6.54 Å². The number of nitrogens with one attached hydrogen (secondary N) is 2. The first-order valence-corrected chi connectivity index (χ1v) is 9.22. The molecule has 0 aliphatic carbocycles. The number of benzene rings is 2. The van der Waals surface area contributed by atoms with Gasteiger partial charge in [-0.25, -0.2) is 4.79 Å². The summed E-state index contributed by atoms with van der Waals surface area (Å²) in [6.45, 7) is 10.8. The van der Waals surface area contributed by atoms with Crippen LogP contribution < -0.4 is 10.6 Å². The highest BCUT2D eigenvalue weighted by molar-refractivity contribution is 5.90. The highest BCUT2D eigenvalue weighted by Crippen LogP contribution is 2.22. The van der Waals surface area contributed by atoms with E-state index in [1.54, 1.807) is 0 Å². The molecule has 0 atom stereocenters. The van der Waals surface area contributed by atoms with E-state index in [9.17, 15) is 4.79 Å². The van der Waals surface area contributed by atoms with Crippen molar-refractivity contribution in [3.05, 3.63) is 82.2 Å². The van der Waals surface area contributed by atoms with E-state index in [4.69, 9.17) is 0 Å². The maximum atomic E-state index is 12.3. The Labute approximate surface area is 161 Å². The standard InChI is InChI=1S/C23H27N3O/c1-15-8-6-10-21(12-15)26-17(3)13-20(19(26)5)14-24-23(27)25-22-11-7-9-16(2)18(22)4/h6-13H,14H2,1-5H3,(H2,24,25,27). The van der Waals surface area contributed by atoms with Crippen LogP contribution in [-0.2, 0) is 6.54 Å². The molecule has 0 aliphatic rings. The van der Waals surface area contributed by atoms with Crippen LogP contribution in [0.1, 0.15) is 33.6 Å². The van der Waals surface area contributed by atoms with E-state index >= 15 is 0 Å². The molecule has 3 aromatic rings. The second-order valence-corrected chi connectivity index (χ2v) is 7.13. The van der Waals surface area contributed by atoms with Crippen LogP contribution in [0.2, 0.25) is 0 Å². The van der Waals surface area contributed by atoms with Crippen LogP contribution in [0.5, 0.6) is 0 Å². The monoisotopic (exact) mass is 361 g/mol. The molecule has 0 unspecified atom stereocenters. The molecule has 1 heterocycles. The van der Waals surface area contributed by atoms with Crippen LogP contribution in [0, 0.1) is 34.6 Å². The van der Waals surface area contributed by atoms with E-state index in [0.717, 1.165) is 39.5 Å². The van der Waals surface area contributed by atoms with Crippen LogP contribution in [0.3, 0.4) is 0 Å². The van der Waals surface area contributed by atoms with Crippen molar-refractivity contribution >= 4 is 11.7 Å². The number of carbonyl (C=O) groups excluding carboxylic acids is 1. The normalized spacial score (nSPS) is 10.7. The highest BCUT2D eigenvalue weighted by Gasteiger charge is 2.12. The van der Waals surface area contributed by atoms with Crippen LogP contribution in [-0.4, -0.2) is 10.6 Å². The van der Waals surface area contributed by atoms with Gasteiger partial charge in [-0.2, -0.15) is 0 Å². The highest BCUT2D eigenvalue weighted by atomic mass is 16.2. The molecule has 0 saturated heterocycles. The van der Waals surface area contributed by atoms with Gasteiger partial charge in [0.25, 0.3) is 0 Å². The predicted octanol–water partition coefficient (Wildman–Crippen LogP) is 5.34. The van der Waals surface area contributed by atoms with Crippen molar-refractivity contribution in [3.63, 3.8) is 0 Å². The minimum atomic E-state index is -0.191. The van der Waals surface area contributed by atoms with E-state index in [1.165, 1.54) is 5.56 Å². The molecule has 4 heteroatoms. The summed E-state index contributed by atoms with van der Waals surface area (Å²) in [7, 11) is 0. The van der Waals surface area contributed by atoms with Crippen molar-refractivity contribution < 1.29 is 4.79 Å². The van der Waals surface area contributed by atoms with Crippen LogP contribution in [0.15, 0.2) is 48.5 Å². The van der Waals surface area contributed by atoms with Gasteiger partial charge in [-0.1, -0.05) is 24.3 Å². The van der Waals surface area contributed by atoms with Gasteiger partial charge >= 0.3 is 6.03 Å². The van der Waals surface area contributed by atoms with Crippen molar-refractivity contribution in [3.8, 4) is 5.69 Å². The SMILES string of the molecule is Cc1cccc(-n2c(C)cc(CNC(=O)Nc3cccc(C)c3C)c2C)c1. The Morgan fingerprint density at radius 1 is 0.963 bits per heavy atom. The van der Waals surface area contributed by atoms with Crippen LogP contribution in [0.25, 0.3) is 5.69 Å². The predicted molar refractivity (Wildman–Crippen MR) is 112 cm³/mol. The van der Waals surface area contributed by atoms with Gasteiger partial charge in [0.2, 0.25) is 0 Å². The topological polar surface area (TPSA) is 46.1 Å². The lowest BCUT2D eigenvalue weighted by Crippen LogP contribution is -2.28. The van der Waals surface area contributed by atoms with Crippen molar-refractivity contribution in [1.82, 2.24) is 9.88 Å². The molecular formula is C23H27N3O. The van der Waals surface area contributed by atoms with Crippen LogP contribution >= 0.6 is 0 Å². The third-order valence-corrected chi connectivity index (χ3v) is 5.09. The van der Waals surface area contributed by atoms with Gasteiger partial charge in [0.1, 0.15) is 0 Å². The average molecular weight is 361 g/mol. The maximum Gasteiger partial charge on any atom is 0.319 e. The lowest BCUT2D eigenvalue weighted by atomic mass is 10.1. The first-order chi connectivity index (χ1) is 12.9. The molecule has 0 fully saturated rings. The summed E-state index contributed by atoms with van der Waals surface area (Å²) in [6, 6.07) is 16.3. The Morgan fingerprint density at radius 2 is 1.70 bits per heavy atom. The Kier molecular flexibility index (Phi) is 5.36. The first-order valence-electron chi connectivity index (χ1n) is 9.22. The Morgan fingerprint density at radius 3 is 2.44 bits per heavy atom. The molecule has 2 amide bonds. The molecule has 4 nitrogen and oxygen atoms in total. The van der Waals surface area contributed by atoms with Gasteiger partial charge < -0.3 is 15.2 Å². The molecule has 2 aromatic carbocycles. The number of aromatic nitrogens is 1. The molecule has 140 valence electrons. The van der Waals surface area contributed by atoms with E-state index < -0.39 is 0 Å². The minimum Gasteiger partial charge on any atom is -0.334 e. The fraction of sp³-hybridized carbons (Fsp3) is 0.261. The van der Waals surface area contributed by atoms with Gasteiger partial charge in [0.05, 0.1) is 0 Å². The summed E-state index contributed by atoms with van der Waals surface area (Å²) in [5.41, 5.74) is 8.89. The lowest BCUT2D eigenvalue weighted by molar-refractivity contribution is 0.251. The number of nitrogens with zero attached hydrogens (tertiary/aromatic N) is 1. The summed E-state index contributed by atoms with van der Waals surface area (Å²) < 4.78 is 2.23. The van der Waals surface area contributed by atoms with Crippen molar-refractivity contribution in [1.29, 1.82) is 0 Å². The average Bonchev–Trinajstić information content (AvgIpc) is 2.91. The third-order valence-electron chi connectivity index (χ3n) is 5.09. The van der Waals surface area contributed by atoms with Gasteiger partial charge in [-0.15, -0.1) is 0 Å². The summed E-state index contributed by atoms with van der Waals surface area (Å²) in [5.74, 6) is 0. The Bertz CT molecular complexity index is 985. The van der Waals surface area contributed by atoms with E-state index in [-0.39, 0.29) is 6.03 Å². The molecule has 0 spiro atoms. The van der Waals surface area contributed by atoms with Gasteiger partial charge in [-0.05, 0) is 81.1 Å². The zero-order valence-corrected chi connectivity index (χ0v) is 16.7. The largest absolute Gasteiger partial charge is 0.334 e. The quantitative estimate of drug-likeness (QED) is 0.647. The van der Waals surface area contributed by atoms with Gasteiger partial charge in [0, 0.05) is 29.3 Å². The summed E-state index contributed by atoms with van der Waals surface area (Å²) in [5, 5.41) is 5.92. The Hall–Kier alpha value is -3.01. The molecular weight excluding hydrogens is 334 g/mol. The number of urea groups is 1. The van der Waals surface area contributed by atoms with Gasteiger partial charge in [-0.3, -0.25) is 0 Å². The lowest BCUT2D eigenvalue weighted by Gasteiger charge is -2.12. The number of hydrogen-bond donors (Lipinski definition) is 2. The second-order valence-electron chi connectivity index (χ2n) is 7.13. The molecule has 2 N–H and O–H groups in total. The van der Waals surface area contributed by atoms with Gasteiger partial charge in [0.15, 0.2) is 0 Å². The van der Waals surface area contributed by atoms with Crippen molar-refractivity contribution in [2.75, 3.05) is 5.32 Å². The zero-order valence-electron chi connectivity index (χ0n) is 16.7. The molecule has 3 rings (SSSR count). The number of hydrogen-bond acceptors (Lipinski definition) is 1. The third kappa shape index (κ3) is 4.05.